The molecule has 0 amide bonds. The first-order valence-electron chi connectivity index (χ1n) is 4.83. The van der Waals surface area contributed by atoms with Crippen molar-refractivity contribution in [3.05, 3.63) is 0 Å². The summed E-state index contributed by atoms with van der Waals surface area (Å²) in [6.45, 7) is 2.05. The van der Waals surface area contributed by atoms with Crippen molar-refractivity contribution in [2.75, 3.05) is 7.11 Å². The number of methoxy groups -OCH3 is 1. The zero-order valence-electron chi connectivity index (χ0n) is 8.01. The zero-order valence-corrected chi connectivity index (χ0v) is 9.16. The number of carbonyl (C=O) groups is 1. The zero-order chi connectivity index (χ0) is 8.97. The lowest BCUT2D eigenvalue weighted by Gasteiger charge is -2.24. The molecule has 0 aromatic heterocycles. The second-order valence-corrected chi connectivity index (χ2v) is 7.38. The van der Waals surface area contributed by atoms with Crippen molar-refractivity contribution in [1.82, 2.24) is 0 Å². The van der Waals surface area contributed by atoms with Crippen LogP contribution >= 0.6 is 0 Å². The first-order chi connectivity index (χ1) is 5.75. The minimum Gasteiger partial charge on any atom is -0.469 e. The monoisotopic (exact) mass is 186 g/mol. The molecule has 0 aromatic carbocycles. The molecule has 1 atom stereocenters. The van der Waals surface area contributed by atoms with Crippen LogP contribution in [-0.4, -0.2) is 21.9 Å². The Morgan fingerprint density at radius 2 is 1.92 bits per heavy atom. The van der Waals surface area contributed by atoms with Gasteiger partial charge in [-0.3, -0.25) is 4.79 Å². The maximum absolute atomic E-state index is 11.2. The summed E-state index contributed by atoms with van der Waals surface area (Å²) in [7, 11) is 0.726. The van der Waals surface area contributed by atoms with Crippen LogP contribution in [0.1, 0.15) is 26.2 Å². The van der Waals surface area contributed by atoms with Crippen molar-refractivity contribution >= 4 is 14.8 Å². The summed E-state index contributed by atoms with van der Waals surface area (Å²) in [5.74, 6) is 0.0218. The lowest BCUT2D eigenvalue weighted by molar-refractivity contribution is -0.140. The normalized spacial score (nSPS) is 21.8. The van der Waals surface area contributed by atoms with Gasteiger partial charge in [-0.05, 0) is 0 Å². The van der Waals surface area contributed by atoms with Crippen LogP contribution in [0.4, 0.5) is 0 Å². The van der Waals surface area contributed by atoms with Crippen molar-refractivity contribution < 1.29 is 9.53 Å². The molecule has 0 aromatic rings. The molecule has 12 heavy (non-hydrogen) atoms. The Bertz CT molecular complexity index is 153. The van der Waals surface area contributed by atoms with Gasteiger partial charge >= 0.3 is 5.97 Å². The summed E-state index contributed by atoms with van der Waals surface area (Å²) in [5, 5.41) is 0. The van der Waals surface area contributed by atoms with Crippen LogP contribution in [0.25, 0.3) is 0 Å². The van der Waals surface area contributed by atoms with Gasteiger partial charge in [-0.1, -0.05) is 38.3 Å². The van der Waals surface area contributed by atoms with E-state index in [2.05, 4.69) is 0 Å². The summed E-state index contributed by atoms with van der Waals surface area (Å²) in [6.07, 6.45) is 4.06. The van der Waals surface area contributed by atoms with E-state index >= 15 is 0 Å². The second kappa shape index (κ2) is 4.65. The fourth-order valence-corrected chi connectivity index (χ4v) is 5.45. The van der Waals surface area contributed by atoms with Gasteiger partial charge in [0.1, 0.15) is 0 Å². The Balaban J connectivity index is 2.39. The van der Waals surface area contributed by atoms with E-state index in [0.717, 1.165) is 0 Å². The Hall–Kier alpha value is -0.313. The third kappa shape index (κ3) is 2.34. The smallest absolute Gasteiger partial charge is 0.305 e. The van der Waals surface area contributed by atoms with Crippen molar-refractivity contribution in [3.8, 4) is 0 Å². The first kappa shape index (κ1) is 9.77. The van der Waals surface area contributed by atoms with Gasteiger partial charge in [-0.15, -0.1) is 0 Å². The summed E-state index contributed by atoms with van der Waals surface area (Å²) in [5.41, 5.74) is 0.246. The topological polar surface area (TPSA) is 26.3 Å². The highest BCUT2D eigenvalue weighted by Gasteiger charge is 2.27. The molecule has 0 aliphatic carbocycles. The van der Waals surface area contributed by atoms with Crippen LogP contribution in [0.3, 0.4) is 0 Å². The van der Waals surface area contributed by atoms with Gasteiger partial charge < -0.3 is 4.74 Å². The van der Waals surface area contributed by atoms with E-state index in [9.17, 15) is 4.79 Å². The van der Waals surface area contributed by atoms with Crippen LogP contribution < -0.4 is 0 Å². The Morgan fingerprint density at radius 3 is 2.42 bits per heavy atom. The number of esters is 1. The predicted octanol–water partition coefficient (Wildman–Crippen LogP) is 1.96. The first-order valence-corrected chi connectivity index (χ1v) is 7.13. The molecule has 1 saturated heterocycles. The minimum absolute atomic E-state index is 0.0218. The van der Waals surface area contributed by atoms with Crippen LogP contribution in [0.15, 0.2) is 0 Å². The number of hydrogen-bond acceptors (Lipinski definition) is 2. The van der Waals surface area contributed by atoms with E-state index in [4.69, 9.17) is 4.74 Å². The summed E-state index contributed by atoms with van der Waals surface area (Å²) >= 11 is 0. The molecule has 1 unspecified atom stereocenters. The quantitative estimate of drug-likeness (QED) is 0.487. The third-order valence-electron chi connectivity index (χ3n) is 2.93. The molecule has 70 valence electrons. The van der Waals surface area contributed by atoms with Gasteiger partial charge in [-0.2, -0.15) is 0 Å². The van der Waals surface area contributed by atoms with Gasteiger partial charge in [0.2, 0.25) is 0 Å². The van der Waals surface area contributed by atoms with Crippen LogP contribution in [0.5, 0.6) is 0 Å². The van der Waals surface area contributed by atoms with Crippen molar-refractivity contribution in [3.63, 3.8) is 0 Å². The summed E-state index contributed by atoms with van der Waals surface area (Å²) in [4.78, 5) is 11.2. The van der Waals surface area contributed by atoms with Crippen LogP contribution in [0, 0.1) is 0 Å². The number of hydrogen-bond donors (Lipinski definition) is 0. The third-order valence-corrected chi connectivity index (χ3v) is 6.92. The van der Waals surface area contributed by atoms with E-state index in [-0.39, 0.29) is 11.5 Å². The fraction of sp³-hybridized carbons (Fsp3) is 0.889. The lowest BCUT2D eigenvalue weighted by Crippen LogP contribution is -2.27. The molecular formula is C9H18O2Si. The van der Waals surface area contributed by atoms with E-state index in [1.165, 1.54) is 38.5 Å². The highest BCUT2D eigenvalue weighted by Crippen LogP contribution is 2.27. The fourth-order valence-electron chi connectivity index (χ4n) is 2.01. The van der Waals surface area contributed by atoms with Gasteiger partial charge in [0, 0.05) is 5.54 Å². The highest BCUT2D eigenvalue weighted by molar-refractivity contribution is 6.64. The van der Waals surface area contributed by atoms with Crippen molar-refractivity contribution in [1.29, 1.82) is 0 Å². The molecule has 2 nitrogen and oxygen atoms in total. The number of carbonyl (C=O) groups excluding carboxylic acids is 1. The number of rotatable bonds is 2. The predicted molar refractivity (Wildman–Crippen MR) is 52.1 cm³/mol. The standard InChI is InChI=1S/C9H18O2Si/c1-8(9(10)11-2)12-6-4-3-5-7-12/h8,12H,3-7H2,1-2H3. The molecule has 1 aliphatic rings. The average Bonchev–Trinajstić information content (AvgIpc) is 2.17. The molecule has 1 heterocycles. The Kier molecular flexibility index (Phi) is 3.79. The minimum atomic E-state index is -0.770. The van der Waals surface area contributed by atoms with Crippen LogP contribution in [0.2, 0.25) is 17.6 Å². The molecule has 1 fully saturated rings. The molecule has 3 heteroatoms. The van der Waals surface area contributed by atoms with Crippen LogP contribution in [-0.2, 0) is 9.53 Å². The summed E-state index contributed by atoms with van der Waals surface area (Å²) < 4.78 is 4.76. The maximum Gasteiger partial charge on any atom is 0.305 e. The molecule has 0 spiro atoms. The van der Waals surface area contributed by atoms with Gasteiger partial charge in [0.05, 0.1) is 15.9 Å². The van der Waals surface area contributed by atoms with E-state index in [0.29, 0.717) is 0 Å². The lowest BCUT2D eigenvalue weighted by atomic mass is 10.3. The molecule has 0 N–H and O–H groups in total. The Labute approximate surface area is 75.9 Å². The molecule has 0 bridgehead atoms. The van der Waals surface area contributed by atoms with E-state index in [1.807, 2.05) is 6.92 Å². The Morgan fingerprint density at radius 1 is 1.33 bits per heavy atom. The molecule has 1 rings (SSSR count). The average molecular weight is 186 g/mol. The highest BCUT2D eigenvalue weighted by atomic mass is 28.3. The van der Waals surface area contributed by atoms with Gasteiger partial charge in [0.15, 0.2) is 0 Å². The second-order valence-electron chi connectivity index (χ2n) is 3.71. The van der Waals surface area contributed by atoms with Crippen molar-refractivity contribution in [2.45, 2.75) is 43.8 Å². The molecule has 0 saturated carbocycles. The van der Waals surface area contributed by atoms with E-state index in [1.54, 1.807) is 0 Å². The SMILES string of the molecule is COC(=O)C(C)[SiH]1CCCCC1. The molecular weight excluding hydrogens is 168 g/mol. The molecule has 0 radical (unpaired) electrons. The molecule has 1 aliphatic heterocycles. The maximum atomic E-state index is 11.2. The van der Waals surface area contributed by atoms with E-state index < -0.39 is 8.80 Å². The van der Waals surface area contributed by atoms with Gasteiger partial charge in [0.25, 0.3) is 0 Å². The van der Waals surface area contributed by atoms with Gasteiger partial charge in [-0.25, -0.2) is 0 Å². The van der Waals surface area contributed by atoms with Crippen molar-refractivity contribution in [2.24, 2.45) is 0 Å². The summed E-state index contributed by atoms with van der Waals surface area (Å²) in [6, 6.07) is 2.69. The largest absolute Gasteiger partial charge is 0.469 e. The number of ether oxygens (including phenoxy) is 1.